The number of aliphatic hydroxyl groups is 1. The Balaban J connectivity index is 1.74. The highest BCUT2D eigenvalue weighted by atomic mass is 19.1. The lowest BCUT2D eigenvalue weighted by Gasteiger charge is -2.19. The average molecular weight is 289 g/mol. The molecule has 0 saturated carbocycles. The number of carbonyl (C=O) groups is 2. The van der Waals surface area contributed by atoms with Crippen molar-refractivity contribution in [2.45, 2.75) is 18.9 Å². The molecule has 0 radical (unpaired) electrons. The highest BCUT2D eigenvalue weighted by Crippen LogP contribution is 2.35. The molecular formula is C16H16FNO3. The van der Waals surface area contributed by atoms with Gasteiger partial charge < -0.3 is 5.11 Å². The zero-order valence-corrected chi connectivity index (χ0v) is 11.4. The number of allylic oxidation sites excluding steroid dienone is 2. The van der Waals surface area contributed by atoms with Crippen molar-refractivity contribution in [2.75, 3.05) is 6.54 Å². The summed E-state index contributed by atoms with van der Waals surface area (Å²) in [5, 5.41) is 10.2. The van der Waals surface area contributed by atoms with Crippen molar-refractivity contribution < 1.29 is 19.1 Å². The van der Waals surface area contributed by atoms with Gasteiger partial charge in [-0.2, -0.15) is 0 Å². The average Bonchev–Trinajstić information content (AvgIpc) is 2.73. The van der Waals surface area contributed by atoms with Gasteiger partial charge in [-0.15, -0.1) is 0 Å². The third-order valence-corrected chi connectivity index (χ3v) is 4.21. The summed E-state index contributed by atoms with van der Waals surface area (Å²) in [7, 11) is 0. The Morgan fingerprint density at radius 3 is 2.14 bits per heavy atom. The number of rotatable bonds is 3. The van der Waals surface area contributed by atoms with Gasteiger partial charge in [0.15, 0.2) is 0 Å². The van der Waals surface area contributed by atoms with Crippen LogP contribution in [-0.2, 0) is 9.59 Å². The van der Waals surface area contributed by atoms with Crippen LogP contribution in [0.2, 0.25) is 0 Å². The van der Waals surface area contributed by atoms with E-state index in [9.17, 15) is 19.1 Å². The number of amides is 2. The molecule has 1 aromatic rings. The lowest BCUT2D eigenvalue weighted by Crippen LogP contribution is -2.35. The van der Waals surface area contributed by atoms with Gasteiger partial charge >= 0.3 is 0 Å². The van der Waals surface area contributed by atoms with Crippen LogP contribution >= 0.6 is 0 Å². The number of likely N-dealkylation sites (tertiary alicyclic amines) is 1. The fourth-order valence-corrected chi connectivity index (χ4v) is 3.01. The zero-order valence-electron chi connectivity index (χ0n) is 11.4. The van der Waals surface area contributed by atoms with E-state index in [4.69, 9.17) is 0 Å². The van der Waals surface area contributed by atoms with E-state index in [1.54, 1.807) is 0 Å². The van der Waals surface area contributed by atoms with Crippen LogP contribution in [0.15, 0.2) is 36.4 Å². The van der Waals surface area contributed by atoms with Gasteiger partial charge in [0.2, 0.25) is 11.8 Å². The molecule has 1 aliphatic heterocycles. The fraction of sp³-hybridized carbons (Fsp3) is 0.375. The van der Waals surface area contributed by atoms with Crippen LogP contribution < -0.4 is 0 Å². The third-order valence-electron chi connectivity index (χ3n) is 4.21. The molecular weight excluding hydrogens is 273 g/mol. The van der Waals surface area contributed by atoms with Crippen molar-refractivity contribution in [3.8, 4) is 0 Å². The number of nitrogens with zero attached hydrogens (tertiary/aromatic N) is 1. The third kappa shape index (κ3) is 2.49. The molecule has 21 heavy (non-hydrogen) atoms. The summed E-state index contributed by atoms with van der Waals surface area (Å²) < 4.78 is 12.9. The van der Waals surface area contributed by atoms with Crippen LogP contribution in [0.25, 0.3) is 0 Å². The van der Waals surface area contributed by atoms with Gasteiger partial charge in [-0.25, -0.2) is 4.39 Å². The number of halogens is 1. The van der Waals surface area contributed by atoms with Crippen LogP contribution in [0, 0.1) is 17.7 Å². The van der Waals surface area contributed by atoms with Gasteiger partial charge in [0.05, 0.1) is 24.5 Å². The smallest absolute Gasteiger partial charge is 0.233 e. The topological polar surface area (TPSA) is 57.6 Å². The van der Waals surface area contributed by atoms with E-state index in [0.29, 0.717) is 18.4 Å². The molecule has 1 N–H and O–H groups in total. The second-order valence-electron chi connectivity index (χ2n) is 5.51. The van der Waals surface area contributed by atoms with Crippen molar-refractivity contribution in [1.82, 2.24) is 4.90 Å². The first-order valence-corrected chi connectivity index (χ1v) is 7.01. The molecule has 5 heteroatoms. The number of fused-ring (bicyclic) bond motifs is 1. The Labute approximate surface area is 121 Å². The van der Waals surface area contributed by atoms with Crippen molar-refractivity contribution in [3.05, 3.63) is 47.8 Å². The van der Waals surface area contributed by atoms with E-state index >= 15 is 0 Å². The molecule has 1 fully saturated rings. The van der Waals surface area contributed by atoms with Crippen molar-refractivity contribution in [3.63, 3.8) is 0 Å². The largest absolute Gasteiger partial charge is 0.387 e. The molecule has 1 aliphatic carbocycles. The minimum absolute atomic E-state index is 0.0731. The van der Waals surface area contributed by atoms with Crippen molar-refractivity contribution in [2.24, 2.45) is 11.8 Å². The maximum absolute atomic E-state index is 12.9. The van der Waals surface area contributed by atoms with Gasteiger partial charge in [0.25, 0.3) is 0 Å². The molecule has 3 unspecified atom stereocenters. The Bertz CT molecular complexity index is 570. The molecule has 1 heterocycles. The predicted molar refractivity (Wildman–Crippen MR) is 73.4 cm³/mol. The number of β-amino-alcohol motifs (C(OH)–C–C–N with tert-alkyl or cyclic N) is 1. The molecule has 0 spiro atoms. The molecule has 0 bridgehead atoms. The minimum atomic E-state index is -0.994. The molecule has 3 atom stereocenters. The van der Waals surface area contributed by atoms with Crippen molar-refractivity contribution in [1.29, 1.82) is 0 Å². The summed E-state index contributed by atoms with van der Waals surface area (Å²) in [5.41, 5.74) is 0.491. The van der Waals surface area contributed by atoms with Crippen LogP contribution in [0.4, 0.5) is 4.39 Å². The highest BCUT2D eigenvalue weighted by Gasteiger charge is 2.47. The fourth-order valence-electron chi connectivity index (χ4n) is 3.01. The van der Waals surface area contributed by atoms with E-state index in [2.05, 4.69) is 0 Å². The number of carbonyl (C=O) groups excluding carboxylic acids is 2. The molecule has 1 aromatic carbocycles. The Morgan fingerprint density at radius 1 is 1.10 bits per heavy atom. The van der Waals surface area contributed by atoms with Crippen LogP contribution in [0.3, 0.4) is 0 Å². The van der Waals surface area contributed by atoms with Crippen molar-refractivity contribution >= 4 is 11.8 Å². The van der Waals surface area contributed by atoms with Crippen LogP contribution in [0.5, 0.6) is 0 Å². The number of imide groups is 1. The van der Waals surface area contributed by atoms with E-state index in [1.807, 2.05) is 12.2 Å². The lowest BCUT2D eigenvalue weighted by atomic mass is 9.85. The zero-order chi connectivity index (χ0) is 15.0. The van der Waals surface area contributed by atoms with Crippen LogP contribution in [0.1, 0.15) is 24.5 Å². The van der Waals surface area contributed by atoms with Gasteiger partial charge in [-0.1, -0.05) is 24.3 Å². The summed E-state index contributed by atoms with van der Waals surface area (Å²) in [6.45, 7) is -0.0731. The molecule has 0 aromatic heterocycles. The Hall–Kier alpha value is -2.01. The first-order chi connectivity index (χ1) is 10.1. The van der Waals surface area contributed by atoms with E-state index in [1.165, 1.54) is 24.3 Å². The quantitative estimate of drug-likeness (QED) is 0.682. The number of hydrogen-bond acceptors (Lipinski definition) is 3. The van der Waals surface area contributed by atoms with Gasteiger partial charge in [0.1, 0.15) is 5.82 Å². The van der Waals surface area contributed by atoms with E-state index in [0.717, 1.165) is 4.90 Å². The van der Waals surface area contributed by atoms with E-state index < -0.39 is 11.9 Å². The van der Waals surface area contributed by atoms with Gasteiger partial charge in [-0.05, 0) is 30.5 Å². The summed E-state index contributed by atoms with van der Waals surface area (Å²) >= 11 is 0. The summed E-state index contributed by atoms with van der Waals surface area (Å²) in [5.74, 6) is -1.40. The lowest BCUT2D eigenvalue weighted by molar-refractivity contribution is -0.141. The first kappa shape index (κ1) is 13.9. The van der Waals surface area contributed by atoms with Gasteiger partial charge in [-0.3, -0.25) is 14.5 Å². The maximum atomic E-state index is 12.9. The second-order valence-corrected chi connectivity index (χ2v) is 5.51. The molecule has 110 valence electrons. The SMILES string of the molecule is O=C1C2CC=CCC2C(=O)N1CC(O)c1ccc(F)cc1. The summed E-state index contributed by atoms with van der Waals surface area (Å²) in [4.78, 5) is 25.7. The highest BCUT2D eigenvalue weighted by molar-refractivity contribution is 6.05. The molecule has 2 aliphatic rings. The van der Waals surface area contributed by atoms with Gasteiger partial charge in [0, 0.05) is 0 Å². The minimum Gasteiger partial charge on any atom is -0.387 e. The second kappa shape index (κ2) is 5.41. The normalized spacial score (nSPS) is 26.1. The molecule has 2 amide bonds. The summed E-state index contributed by atoms with van der Waals surface area (Å²) in [6, 6.07) is 5.41. The molecule has 3 rings (SSSR count). The number of aliphatic hydroxyl groups excluding tert-OH is 1. The Morgan fingerprint density at radius 2 is 1.62 bits per heavy atom. The molecule has 1 saturated heterocycles. The standard InChI is InChI=1S/C16H16FNO3/c17-11-7-5-10(6-8-11)14(19)9-18-15(20)12-3-1-2-4-13(12)16(18)21/h1-2,5-8,12-14,19H,3-4,9H2. The summed E-state index contributed by atoms with van der Waals surface area (Å²) in [6.07, 6.45) is 4.02. The van der Waals surface area contributed by atoms with E-state index in [-0.39, 0.29) is 30.2 Å². The molecule has 4 nitrogen and oxygen atoms in total. The monoisotopic (exact) mass is 289 g/mol. The Kier molecular flexibility index (Phi) is 3.59. The number of benzene rings is 1. The maximum Gasteiger partial charge on any atom is 0.233 e. The predicted octanol–water partition coefficient (Wildman–Crippen LogP) is 1.81. The van der Waals surface area contributed by atoms with Crippen LogP contribution in [-0.4, -0.2) is 28.4 Å². The first-order valence-electron chi connectivity index (χ1n) is 7.01. The number of hydrogen-bond donors (Lipinski definition) is 1.